The van der Waals surface area contributed by atoms with Crippen LogP contribution >= 0.6 is 0 Å². The van der Waals surface area contributed by atoms with Crippen LogP contribution in [0.1, 0.15) is 97.9 Å². The average molecular weight is 826 g/mol. The molecule has 0 amide bonds. The van der Waals surface area contributed by atoms with E-state index in [-0.39, 0.29) is 31.6 Å². The van der Waals surface area contributed by atoms with E-state index in [1.807, 2.05) is 13.8 Å². The van der Waals surface area contributed by atoms with E-state index in [0.29, 0.717) is 99.8 Å². The van der Waals surface area contributed by atoms with Gasteiger partial charge in [-0.25, -0.2) is 23.5 Å². The van der Waals surface area contributed by atoms with E-state index in [1.165, 1.54) is 14.8 Å². The van der Waals surface area contributed by atoms with Gasteiger partial charge in [0.05, 0.1) is 88.9 Å². The van der Waals surface area contributed by atoms with Gasteiger partial charge in [-0.05, 0) is 105 Å². The van der Waals surface area contributed by atoms with Gasteiger partial charge in [0.25, 0.3) is 0 Å². The first-order chi connectivity index (χ1) is 28.4. The van der Waals surface area contributed by atoms with Gasteiger partial charge in [-0.3, -0.25) is 0 Å². The maximum Gasteiger partial charge on any atom is 0.352 e. The zero-order valence-electron chi connectivity index (χ0n) is 35.6. The lowest BCUT2D eigenvalue weighted by Crippen LogP contribution is -2.42. The van der Waals surface area contributed by atoms with E-state index in [0.717, 1.165) is 56.9 Å². The van der Waals surface area contributed by atoms with E-state index in [9.17, 15) is 24.9 Å². The Morgan fingerprint density at radius 2 is 1.53 bits per heavy atom. The minimum absolute atomic E-state index is 0.0615. The first-order valence-electron chi connectivity index (χ1n) is 22.0. The number of fused-ring (bicyclic) bond motifs is 3. The Morgan fingerprint density at radius 1 is 0.881 bits per heavy atom. The third kappa shape index (κ3) is 9.95. The van der Waals surface area contributed by atoms with Gasteiger partial charge >= 0.3 is 11.4 Å². The minimum Gasteiger partial charge on any atom is -0.487 e. The Morgan fingerprint density at radius 3 is 2.19 bits per heavy atom. The van der Waals surface area contributed by atoms with Crippen LogP contribution in [0.2, 0.25) is 0 Å². The van der Waals surface area contributed by atoms with Crippen LogP contribution in [0, 0.1) is 23.2 Å². The zero-order valence-corrected chi connectivity index (χ0v) is 35.6. The second-order valence-electron chi connectivity index (χ2n) is 18.2. The number of allylic oxidation sites excluding steroid dienone is 2. The topological polar surface area (TPSA) is 165 Å². The van der Waals surface area contributed by atoms with Gasteiger partial charge in [0, 0.05) is 12.5 Å². The number of aromatic nitrogens is 3. The van der Waals surface area contributed by atoms with E-state index in [2.05, 4.69) is 19.9 Å². The van der Waals surface area contributed by atoms with E-state index < -0.39 is 35.2 Å². The summed E-state index contributed by atoms with van der Waals surface area (Å²) in [5.74, 6) is 2.19. The van der Waals surface area contributed by atoms with Gasteiger partial charge in [0.1, 0.15) is 13.2 Å². The minimum atomic E-state index is -0.921. The number of nitrogens with zero attached hydrogens (tertiary/aromatic N) is 3. The van der Waals surface area contributed by atoms with Crippen molar-refractivity contribution in [2.45, 2.75) is 122 Å². The Balaban J connectivity index is 1.20. The molecule has 59 heavy (non-hydrogen) atoms. The molecule has 0 saturated heterocycles. The molecule has 7 atom stereocenters. The number of ether oxygens (including phenoxy) is 6. The molecule has 14 heteroatoms. The van der Waals surface area contributed by atoms with Gasteiger partial charge in [0.15, 0.2) is 11.5 Å². The van der Waals surface area contributed by atoms with Crippen molar-refractivity contribution in [3.63, 3.8) is 0 Å². The highest BCUT2D eigenvalue weighted by Crippen LogP contribution is 2.60. The molecule has 3 heterocycles. The molecule has 5 aliphatic rings. The molecule has 3 aliphatic carbocycles. The van der Waals surface area contributed by atoms with Crippen LogP contribution in [0.15, 0.2) is 50.6 Å². The largest absolute Gasteiger partial charge is 0.487 e. The summed E-state index contributed by atoms with van der Waals surface area (Å²) in [5, 5.41) is 32.6. The van der Waals surface area contributed by atoms with Crippen molar-refractivity contribution in [3.8, 4) is 17.2 Å². The standard InChI is InChI=1S/C45H67N3O11/c1-30(7-5-13-44(2,3)53)36-10-11-37-31(8-6-14-45(36,37)4)25-38-34-27-33(49)28-39(50)35(34)29-46-42(51)47(43(52)48(38)46)32-9-12-40-41(26-32)59-24-22-57-20-18-55-16-15-54-17-19-56-21-23-58-40/h9,12,25-26,30,33,36-39,49-50,53H,5-8,10-11,13-24,27-29H2,1-4H3/b31-25+/t30-,33-,36-,37?,38?,39+,45-/m1/s1. The highest BCUT2D eigenvalue weighted by atomic mass is 16.6. The molecule has 0 spiro atoms. The number of aliphatic hydroxyl groups is 3. The van der Waals surface area contributed by atoms with Crippen molar-refractivity contribution in [2.24, 2.45) is 23.2 Å². The third-order valence-electron chi connectivity index (χ3n) is 13.6. The van der Waals surface area contributed by atoms with Crippen molar-refractivity contribution in [3.05, 3.63) is 62.0 Å². The maximum absolute atomic E-state index is 14.8. The average Bonchev–Trinajstić information content (AvgIpc) is 3.67. The lowest BCUT2D eigenvalue weighted by Gasteiger charge is -2.45. The predicted octanol–water partition coefficient (Wildman–Crippen LogP) is 4.73. The van der Waals surface area contributed by atoms with Crippen LogP contribution < -0.4 is 20.9 Å². The van der Waals surface area contributed by atoms with Gasteiger partial charge in [-0.2, -0.15) is 0 Å². The highest BCUT2D eigenvalue weighted by Gasteiger charge is 2.51. The first kappa shape index (κ1) is 43.8. The monoisotopic (exact) mass is 825 g/mol. The second kappa shape index (κ2) is 19.2. The number of hydrogen-bond acceptors (Lipinski definition) is 11. The number of rotatable bonds is 7. The van der Waals surface area contributed by atoms with Crippen molar-refractivity contribution >= 4 is 0 Å². The van der Waals surface area contributed by atoms with Gasteiger partial charge in [0.2, 0.25) is 0 Å². The molecule has 2 aliphatic heterocycles. The Labute approximate surface area is 347 Å². The molecular weight excluding hydrogens is 759 g/mol. The Bertz CT molecular complexity index is 1920. The summed E-state index contributed by atoms with van der Waals surface area (Å²) in [6.07, 6.45) is 9.17. The van der Waals surface area contributed by atoms with Crippen LogP contribution in [-0.2, 0) is 25.5 Å². The third-order valence-corrected chi connectivity index (χ3v) is 13.6. The number of aliphatic hydroxyl groups excluding tert-OH is 2. The van der Waals surface area contributed by atoms with Gasteiger partial charge < -0.3 is 43.7 Å². The quantitative estimate of drug-likeness (QED) is 0.331. The first-order valence-corrected chi connectivity index (χ1v) is 22.0. The normalized spacial score (nSPS) is 30.2. The molecule has 0 radical (unpaired) electrons. The summed E-state index contributed by atoms with van der Waals surface area (Å²) in [6, 6.07) is 4.39. The van der Waals surface area contributed by atoms with E-state index in [1.54, 1.807) is 22.9 Å². The van der Waals surface area contributed by atoms with Crippen LogP contribution in [0.5, 0.6) is 11.5 Å². The SMILES string of the molecule is C[C@H](CCCC(C)(C)O)[C@H]1CCC2/C(=C/C3C4=C(Cn5c(=O)n(-c6ccc7c(c6)OCCOCCOCCOCCOCCO7)c(=O)n53)[C@@H](O)C[C@H](O)C4)CCC[C@@]21C. The number of benzene rings is 1. The van der Waals surface area contributed by atoms with Crippen molar-refractivity contribution < 1.29 is 43.7 Å². The summed E-state index contributed by atoms with van der Waals surface area (Å²) in [6.45, 7) is 12.3. The summed E-state index contributed by atoms with van der Waals surface area (Å²) in [5.41, 5.74) is 1.58. The van der Waals surface area contributed by atoms with Crippen LogP contribution in [0.4, 0.5) is 0 Å². The molecular formula is C45H67N3O11. The fraction of sp³-hybridized carbons (Fsp3) is 0.733. The molecule has 1 aromatic heterocycles. The van der Waals surface area contributed by atoms with Crippen molar-refractivity contribution in [1.82, 2.24) is 13.9 Å². The molecule has 14 nitrogen and oxygen atoms in total. The fourth-order valence-corrected chi connectivity index (χ4v) is 10.7. The zero-order chi connectivity index (χ0) is 41.7. The van der Waals surface area contributed by atoms with Gasteiger partial charge in [-0.1, -0.05) is 38.3 Å². The summed E-state index contributed by atoms with van der Waals surface area (Å²) in [7, 11) is 0. The van der Waals surface area contributed by atoms with Crippen molar-refractivity contribution in [2.75, 3.05) is 66.1 Å². The molecule has 0 bridgehead atoms. The highest BCUT2D eigenvalue weighted by molar-refractivity contribution is 5.49. The molecule has 2 fully saturated rings. The van der Waals surface area contributed by atoms with Crippen molar-refractivity contribution in [1.29, 1.82) is 0 Å². The molecule has 2 aromatic rings. The predicted molar refractivity (Wildman–Crippen MR) is 221 cm³/mol. The van der Waals surface area contributed by atoms with E-state index >= 15 is 0 Å². The molecule has 2 unspecified atom stereocenters. The smallest absolute Gasteiger partial charge is 0.352 e. The summed E-state index contributed by atoms with van der Waals surface area (Å²) in [4.78, 5) is 29.2. The molecule has 328 valence electrons. The summed E-state index contributed by atoms with van der Waals surface area (Å²) < 4.78 is 38.8. The lowest BCUT2D eigenvalue weighted by atomic mass is 9.60. The second-order valence-corrected chi connectivity index (χ2v) is 18.2. The Kier molecular flexibility index (Phi) is 14.3. The maximum atomic E-state index is 14.8. The van der Waals surface area contributed by atoms with Crippen LogP contribution in [0.3, 0.4) is 0 Å². The number of hydrogen-bond donors (Lipinski definition) is 3. The molecule has 7 rings (SSSR count). The Hall–Kier alpha value is -3.24. The summed E-state index contributed by atoms with van der Waals surface area (Å²) >= 11 is 0. The molecule has 3 N–H and O–H groups in total. The molecule has 1 aromatic carbocycles. The lowest BCUT2D eigenvalue weighted by molar-refractivity contribution is -0.00841. The fourth-order valence-electron chi connectivity index (χ4n) is 10.7. The van der Waals surface area contributed by atoms with Crippen LogP contribution in [-0.4, -0.2) is 113 Å². The van der Waals surface area contributed by atoms with Gasteiger partial charge in [-0.15, -0.1) is 0 Å². The van der Waals surface area contributed by atoms with Crippen LogP contribution in [0.25, 0.3) is 5.69 Å². The van der Waals surface area contributed by atoms with E-state index in [4.69, 9.17) is 28.4 Å². The molecule has 2 saturated carbocycles.